The van der Waals surface area contributed by atoms with Crippen LogP contribution in [0.2, 0.25) is 0 Å². The van der Waals surface area contributed by atoms with Gasteiger partial charge in [-0.05, 0) is 37.8 Å². The summed E-state index contributed by atoms with van der Waals surface area (Å²) in [5.74, 6) is 0. The van der Waals surface area contributed by atoms with Crippen molar-refractivity contribution in [2.45, 2.75) is 31.7 Å². The van der Waals surface area contributed by atoms with Gasteiger partial charge in [-0.25, -0.2) is 4.79 Å². The van der Waals surface area contributed by atoms with Gasteiger partial charge in [0, 0.05) is 19.1 Å². The first-order valence-electron chi connectivity index (χ1n) is 7.01. The second-order valence-corrected chi connectivity index (χ2v) is 5.09. The van der Waals surface area contributed by atoms with Crippen molar-refractivity contribution in [3.05, 3.63) is 35.9 Å². The Hall–Kier alpha value is -1.55. The number of hydrogen-bond acceptors (Lipinski definition) is 2. The summed E-state index contributed by atoms with van der Waals surface area (Å²) in [5, 5.41) is 12.4. The van der Waals surface area contributed by atoms with Crippen LogP contribution in [0.15, 0.2) is 30.3 Å². The monoisotopic (exact) mass is 262 g/mol. The summed E-state index contributed by atoms with van der Waals surface area (Å²) in [6, 6.07) is 11.0. The largest absolute Gasteiger partial charge is 0.465 e. The molecule has 0 atom stereocenters. The lowest BCUT2D eigenvalue weighted by atomic mass is 10.0. The predicted octanol–water partition coefficient (Wildman–Crippen LogP) is 2.35. The average Bonchev–Trinajstić information content (AvgIpc) is 2.45. The zero-order valence-corrected chi connectivity index (χ0v) is 11.2. The molecular weight excluding hydrogens is 240 g/mol. The van der Waals surface area contributed by atoms with Gasteiger partial charge in [-0.2, -0.15) is 0 Å². The van der Waals surface area contributed by atoms with Crippen LogP contribution in [0.25, 0.3) is 0 Å². The number of rotatable bonds is 5. The topological polar surface area (TPSA) is 52.6 Å². The number of hydrogen-bond donors (Lipinski definition) is 2. The van der Waals surface area contributed by atoms with E-state index in [1.54, 1.807) is 0 Å². The molecule has 19 heavy (non-hydrogen) atoms. The smallest absolute Gasteiger partial charge is 0.407 e. The van der Waals surface area contributed by atoms with E-state index >= 15 is 0 Å². The molecule has 4 heteroatoms. The van der Waals surface area contributed by atoms with E-state index in [2.05, 4.69) is 29.6 Å². The zero-order valence-electron chi connectivity index (χ0n) is 11.2. The van der Waals surface area contributed by atoms with Crippen LogP contribution >= 0.6 is 0 Å². The number of benzene rings is 1. The lowest BCUT2D eigenvalue weighted by Gasteiger charge is -2.30. The van der Waals surface area contributed by atoms with Gasteiger partial charge in [-0.1, -0.05) is 30.3 Å². The predicted molar refractivity (Wildman–Crippen MR) is 75.4 cm³/mol. The van der Waals surface area contributed by atoms with E-state index in [0.717, 1.165) is 32.2 Å². The first-order valence-corrected chi connectivity index (χ1v) is 7.01. The second-order valence-electron chi connectivity index (χ2n) is 5.09. The molecule has 0 radical (unpaired) electrons. The summed E-state index contributed by atoms with van der Waals surface area (Å²) in [6.45, 7) is 2.32. The van der Waals surface area contributed by atoms with Gasteiger partial charge in [0.25, 0.3) is 0 Å². The second kappa shape index (κ2) is 7.14. The quantitative estimate of drug-likeness (QED) is 0.801. The number of carbonyl (C=O) groups is 1. The Kier molecular flexibility index (Phi) is 5.21. The number of aryl methyl sites for hydroxylation is 1. The third kappa shape index (κ3) is 4.56. The molecule has 0 aliphatic carbocycles. The molecule has 0 spiro atoms. The van der Waals surface area contributed by atoms with Gasteiger partial charge in [0.1, 0.15) is 0 Å². The highest BCUT2D eigenvalue weighted by Gasteiger charge is 2.21. The van der Waals surface area contributed by atoms with Crippen LogP contribution in [0.4, 0.5) is 4.79 Å². The first kappa shape index (κ1) is 13.9. The Bertz CT molecular complexity index is 386. The number of carboxylic acid groups (broad SMARTS) is 1. The summed E-state index contributed by atoms with van der Waals surface area (Å²) >= 11 is 0. The third-order valence-electron chi connectivity index (χ3n) is 3.68. The van der Waals surface area contributed by atoms with Gasteiger partial charge in [0.2, 0.25) is 0 Å². The number of nitrogens with one attached hydrogen (secondary N) is 1. The molecule has 0 aromatic heterocycles. The van der Waals surface area contributed by atoms with Crippen molar-refractivity contribution >= 4 is 6.09 Å². The van der Waals surface area contributed by atoms with E-state index in [1.807, 2.05) is 6.07 Å². The molecule has 0 bridgehead atoms. The molecule has 1 aliphatic rings. The van der Waals surface area contributed by atoms with Crippen LogP contribution in [-0.2, 0) is 6.42 Å². The fraction of sp³-hybridized carbons (Fsp3) is 0.533. The van der Waals surface area contributed by atoms with Gasteiger partial charge in [-0.15, -0.1) is 0 Å². The van der Waals surface area contributed by atoms with Crippen molar-refractivity contribution in [2.75, 3.05) is 19.6 Å². The molecule has 1 saturated heterocycles. The number of likely N-dealkylation sites (tertiary alicyclic amines) is 1. The van der Waals surface area contributed by atoms with E-state index in [1.165, 1.54) is 10.5 Å². The highest BCUT2D eigenvalue weighted by Crippen LogP contribution is 2.10. The maximum atomic E-state index is 10.8. The van der Waals surface area contributed by atoms with Crippen LogP contribution in [0, 0.1) is 0 Å². The molecule has 104 valence electrons. The molecule has 2 rings (SSSR count). The van der Waals surface area contributed by atoms with Crippen LogP contribution in [0.3, 0.4) is 0 Å². The average molecular weight is 262 g/mol. The Labute approximate surface area is 114 Å². The normalized spacial score (nSPS) is 16.5. The van der Waals surface area contributed by atoms with E-state index in [9.17, 15) is 4.79 Å². The molecule has 1 aromatic carbocycles. The molecule has 1 aliphatic heterocycles. The van der Waals surface area contributed by atoms with E-state index < -0.39 is 6.09 Å². The molecular formula is C15H22N2O2. The molecule has 1 fully saturated rings. The molecule has 1 aromatic rings. The Balaban J connectivity index is 1.58. The first-order chi connectivity index (χ1) is 9.25. The van der Waals surface area contributed by atoms with Crippen molar-refractivity contribution in [3.8, 4) is 0 Å². The van der Waals surface area contributed by atoms with Crippen molar-refractivity contribution in [2.24, 2.45) is 0 Å². The van der Waals surface area contributed by atoms with Gasteiger partial charge < -0.3 is 15.3 Å². The fourth-order valence-corrected chi connectivity index (χ4v) is 2.52. The third-order valence-corrected chi connectivity index (χ3v) is 3.68. The molecule has 0 unspecified atom stereocenters. The summed E-state index contributed by atoms with van der Waals surface area (Å²) < 4.78 is 0. The van der Waals surface area contributed by atoms with E-state index in [-0.39, 0.29) is 0 Å². The van der Waals surface area contributed by atoms with Crippen molar-refractivity contribution in [1.29, 1.82) is 0 Å². The number of piperidine rings is 1. The van der Waals surface area contributed by atoms with Crippen LogP contribution in [0.5, 0.6) is 0 Å². The van der Waals surface area contributed by atoms with Crippen LogP contribution < -0.4 is 5.32 Å². The van der Waals surface area contributed by atoms with Crippen molar-refractivity contribution < 1.29 is 9.90 Å². The van der Waals surface area contributed by atoms with Crippen molar-refractivity contribution in [1.82, 2.24) is 10.2 Å². The number of nitrogens with zero attached hydrogens (tertiary/aromatic N) is 1. The fourth-order valence-electron chi connectivity index (χ4n) is 2.52. The number of amides is 1. The van der Waals surface area contributed by atoms with Crippen LogP contribution in [0.1, 0.15) is 24.8 Å². The standard InChI is InChI=1S/C15H22N2O2/c18-15(19)17-11-8-14(9-12-17)16-10-4-7-13-5-2-1-3-6-13/h1-3,5-6,14,16H,4,7-12H2,(H,18,19). The van der Waals surface area contributed by atoms with E-state index in [4.69, 9.17) is 5.11 Å². The van der Waals surface area contributed by atoms with Crippen molar-refractivity contribution in [3.63, 3.8) is 0 Å². The minimum atomic E-state index is -0.789. The Morgan fingerprint density at radius 3 is 2.58 bits per heavy atom. The Morgan fingerprint density at radius 1 is 1.26 bits per heavy atom. The maximum absolute atomic E-state index is 10.8. The molecule has 2 N–H and O–H groups in total. The van der Waals surface area contributed by atoms with Gasteiger partial charge >= 0.3 is 6.09 Å². The lowest BCUT2D eigenvalue weighted by Crippen LogP contribution is -2.44. The summed E-state index contributed by atoms with van der Waals surface area (Å²) in [4.78, 5) is 12.3. The maximum Gasteiger partial charge on any atom is 0.407 e. The summed E-state index contributed by atoms with van der Waals surface area (Å²) in [7, 11) is 0. The SMILES string of the molecule is O=C(O)N1CCC(NCCCc2ccccc2)CC1. The highest BCUT2D eigenvalue weighted by atomic mass is 16.4. The molecule has 0 saturated carbocycles. The molecule has 1 amide bonds. The minimum Gasteiger partial charge on any atom is -0.465 e. The van der Waals surface area contributed by atoms with Gasteiger partial charge in [0.05, 0.1) is 0 Å². The zero-order chi connectivity index (χ0) is 13.5. The van der Waals surface area contributed by atoms with Gasteiger partial charge in [0.15, 0.2) is 0 Å². The summed E-state index contributed by atoms with van der Waals surface area (Å²) in [5.41, 5.74) is 1.38. The van der Waals surface area contributed by atoms with Gasteiger partial charge in [-0.3, -0.25) is 0 Å². The molecule has 1 heterocycles. The minimum absolute atomic E-state index is 0.478. The van der Waals surface area contributed by atoms with E-state index in [0.29, 0.717) is 19.1 Å². The summed E-state index contributed by atoms with van der Waals surface area (Å²) in [6.07, 6.45) is 3.29. The lowest BCUT2D eigenvalue weighted by molar-refractivity contribution is 0.129. The van der Waals surface area contributed by atoms with Crippen LogP contribution in [-0.4, -0.2) is 41.8 Å². The Morgan fingerprint density at radius 2 is 1.95 bits per heavy atom. The highest BCUT2D eigenvalue weighted by molar-refractivity contribution is 5.65. The molecule has 4 nitrogen and oxygen atoms in total.